The first-order valence-corrected chi connectivity index (χ1v) is 8.67. The number of nitrogens with one attached hydrogen (secondary N) is 1. The van der Waals surface area contributed by atoms with Gasteiger partial charge in [-0.05, 0) is 48.5 Å². The van der Waals surface area contributed by atoms with Crippen LogP contribution in [-0.2, 0) is 14.8 Å². The van der Waals surface area contributed by atoms with Crippen molar-refractivity contribution in [3.63, 3.8) is 0 Å². The number of carbonyl (C=O) groups is 1. The molecule has 0 unspecified atom stereocenters. The van der Waals surface area contributed by atoms with E-state index in [1.54, 1.807) is 0 Å². The first-order chi connectivity index (χ1) is 11.3. The third-order valence-electron chi connectivity index (χ3n) is 3.71. The van der Waals surface area contributed by atoms with Crippen LogP contribution in [0.15, 0.2) is 53.4 Å². The molecule has 5 nitrogen and oxygen atoms in total. The second-order valence-corrected chi connectivity index (χ2v) is 7.17. The molecule has 1 aliphatic heterocycles. The number of nitrogens with zero attached hydrogens (tertiary/aromatic N) is 1. The maximum atomic E-state index is 13.0. The number of hydrogen-bond donors (Lipinski definition) is 1. The number of rotatable bonds is 4. The lowest BCUT2D eigenvalue weighted by atomic mass is 10.3. The van der Waals surface area contributed by atoms with Crippen LogP contribution >= 0.6 is 0 Å². The molecule has 126 valence electrons. The van der Waals surface area contributed by atoms with E-state index in [-0.39, 0.29) is 23.8 Å². The monoisotopic (exact) mass is 352 g/mol. The van der Waals surface area contributed by atoms with E-state index in [0.717, 1.165) is 24.3 Å². The van der Waals surface area contributed by atoms with Crippen LogP contribution in [0.1, 0.15) is 6.42 Å². The van der Waals surface area contributed by atoms with Crippen molar-refractivity contribution < 1.29 is 22.0 Å². The lowest BCUT2D eigenvalue weighted by molar-refractivity contribution is -0.117. The minimum absolute atomic E-state index is 0.00218. The molecule has 2 aromatic carbocycles. The molecule has 0 saturated carbocycles. The summed E-state index contributed by atoms with van der Waals surface area (Å²) in [7, 11) is -3.85. The molecule has 1 amide bonds. The molecule has 0 spiro atoms. The molecule has 1 heterocycles. The molecule has 1 aliphatic rings. The van der Waals surface area contributed by atoms with E-state index < -0.39 is 27.7 Å². The van der Waals surface area contributed by atoms with Crippen molar-refractivity contribution in [2.24, 2.45) is 0 Å². The van der Waals surface area contributed by atoms with Gasteiger partial charge < -0.3 is 4.90 Å². The molecular weight excluding hydrogens is 338 g/mol. The van der Waals surface area contributed by atoms with Gasteiger partial charge in [-0.2, -0.15) is 0 Å². The smallest absolute Gasteiger partial charge is 0.240 e. The number of carbonyl (C=O) groups excluding carboxylic acids is 1. The Labute approximate surface area is 138 Å². The number of benzene rings is 2. The van der Waals surface area contributed by atoms with Gasteiger partial charge in [0.15, 0.2) is 0 Å². The molecule has 0 bridgehead atoms. The maximum Gasteiger partial charge on any atom is 0.240 e. The highest BCUT2D eigenvalue weighted by Gasteiger charge is 2.33. The van der Waals surface area contributed by atoms with Crippen molar-refractivity contribution in [3.8, 4) is 0 Å². The topological polar surface area (TPSA) is 66.5 Å². The average molecular weight is 352 g/mol. The summed E-state index contributed by atoms with van der Waals surface area (Å²) in [6.07, 6.45) is -0.00218. The first-order valence-electron chi connectivity index (χ1n) is 7.19. The minimum atomic E-state index is -3.85. The van der Waals surface area contributed by atoms with Crippen LogP contribution in [0, 0.1) is 11.6 Å². The largest absolute Gasteiger partial charge is 0.311 e. The quantitative estimate of drug-likeness (QED) is 0.916. The van der Waals surface area contributed by atoms with Crippen LogP contribution in [-0.4, -0.2) is 26.9 Å². The van der Waals surface area contributed by atoms with Crippen LogP contribution < -0.4 is 9.62 Å². The standard InChI is InChI=1S/C16H14F2N2O3S/c17-11-1-5-14(6-2-11)20-10-13(9-16(20)21)19-24(22,23)15-7-3-12(18)4-8-15/h1-8,13,19H,9-10H2/t13-/m0/s1. The van der Waals surface area contributed by atoms with E-state index in [0.29, 0.717) is 5.69 Å². The second kappa shape index (κ2) is 6.29. The summed E-state index contributed by atoms with van der Waals surface area (Å²) in [5.74, 6) is -1.21. The average Bonchev–Trinajstić information content (AvgIpc) is 2.88. The summed E-state index contributed by atoms with van der Waals surface area (Å²) in [5.41, 5.74) is 0.505. The molecule has 3 rings (SSSR count). The molecule has 1 saturated heterocycles. The van der Waals surface area contributed by atoms with Crippen molar-refractivity contribution in [3.05, 3.63) is 60.2 Å². The highest BCUT2D eigenvalue weighted by Crippen LogP contribution is 2.23. The van der Waals surface area contributed by atoms with Crippen molar-refractivity contribution in [1.29, 1.82) is 0 Å². The zero-order valence-electron chi connectivity index (χ0n) is 12.4. The Hall–Kier alpha value is -2.32. The van der Waals surface area contributed by atoms with Crippen molar-refractivity contribution in [2.45, 2.75) is 17.4 Å². The van der Waals surface area contributed by atoms with Crippen molar-refractivity contribution in [2.75, 3.05) is 11.4 Å². The van der Waals surface area contributed by atoms with Crippen LogP contribution in [0.4, 0.5) is 14.5 Å². The third-order valence-corrected chi connectivity index (χ3v) is 5.25. The third kappa shape index (κ3) is 3.44. The summed E-state index contributed by atoms with van der Waals surface area (Å²) in [6, 6.07) is 9.21. The molecule has 0 radical (unpaired) electrons. The van der Waals surface area contributed by atoms with Crippen LogP contribution in [0.5, 0.6) is 0 Å². The van der Waals surface area contributed by atoms with Gasteiger partial charge in [0.05, 0.1) is 4.90 Å². The first kappa shape index (κ1) is 16.5. The predicted molar refractivity (Wildman–Crippen MR) is 83.9 cm³/mol. The second-order valence-electron chi connectivity index (χ2n) is 5.46. The zero-order valence-corrected chi connectivity index (χ0v) is 13.3. The number of sulfonamides is 1. The van der Waals surface area contributed by atoms with Gasteiger partial charge in [0, 0.05) is 24.7 Å². The van der Waals surface area contributed by atoms with Gasteiger partial charge in [0.2, 0.25) is 15.9 Å². The molecule has 8 heteroatoms. The van der Waals surface area contributed by atoms with E-state index in [4.69, 9.17) is 0 Å². The molecule has 1 atom stereocenters. The van der Waals surface area contributed by atoms with Crippen LogP contribution in [0.2, 0.25) is 0 Å². The number of hydrogen-bond acceptors (Lipinski definition) is 3. The summed E-state index contributed by atoms with van der Waals surface area (Å²) < 4.78 is 52.9. The van der Waals surface area contributed by atoms with Gasteiger partial charge in [-0.15, -0.1) is 0 Å². The Bertz CT molecular complexity index is 852. The fourth-order valence-corrected chi connectivity index (χ4v) is 3.79. The molecule has 0 aromatic heterocycles. The molecule has 2 aromatic rings. The Balaban J connectivity index is 1.74. The maximum absolute atomic E-state index is 13.0. The van der Waals surface area contributed by atoms with E-state index in [2.05, 4.69) is 4.72 Å². The lowest BCUT2D eigenvalue weighted by Gasteiger charge is -2.17. The highest BCUT2D eigenvalue weighted by molar-refractivity contribution is 7.89. The van der Waals surface area contributed by atoms with Gasteiger partial charge in [0.1, 0.15) is 11.6 Å². The summed E-state index contributed by atoms with van der Waals surface area (Å²) in [5, 5.41) is 0. The minimum Gasteiger partial charge on any atom is -0.311 e. The lowest BCUT2D eigenvalue weighted by Crippen LogP contribution is -2.37. The summed E-state index contributed by atoms with van der Waals surface area (Å²) in [4.78, 5) is 13.4. The fourth-order valence-electron chi connectivity index (χ4n) is 2.56. The zero-order chi connectivity index (χ0) is 17.3. The van der Waals surface area contributed by atoms with Gasteiger partial charge in [-0.25, -0.2) is 21.9 Å². The Morgan fingerprint density at radius 2 is 1.50 bits per heavy atom. The van der Waals surface area contributed by atoms with Crippen molar-refractivity contribution >= 4 is 21.6 Å². The van der Waals surface area contributed by atoms with Gasteiger partial charge in [-0.3, -0.25) is 4.79 Å². The Kier molecular flexibility index (Phi) is 4.33. The number of halogens is 2. The SMILES string of the molecule is O=C1C[C@H](NS(=O)(=O)c2ccc(F)cc2)CN1c1ccc(F)cc1. The van der Waals surface area contributed by atoms with E-state index in [9.17, 15) is 22.0 Å². The highest BCUT2D eigenvalue weighted by atomic mass is 32.2. The van der Waals surface area contributed by atoms with Gasteiger partial charge in [-0.1, -0.05) is 0 Å². The van der Waals surface area contributed by atoms with Gasteiger partial charge in [0.25, 0.3) is 0 Å². The van der Waals surface area contributed by atoms with E-state index in [1.165, 1.54) is 29.2 Å². The van der Waals surface area contributed by atoms with Crippen LogP contribution in [0.3, 0.4) is 0 Å². The number of anilines is 1. The summed E-state index contributed by atoms with van der Waals surface area (Å²) in [6.45, 7) is 0.144. The Morgan fingerprint density at radius 1 is 0.958 bits per heavy atom. The summed E-state index contributed by atoms with van der Waals surface area (Å²) >= 11 is 0. The van der Waals surface area contributed by atoms with Gasteiger partial charge >= 0.3 is 0 Å². The number of amides is 1. The molecule has 1 fully saturated rings. The van der Waals surface area contributed by atoms with Crippen LogP contribution in [0.25, 0.3) is 0 Å². The van der Waals surface area contributed by atoms with E-state index >= 15 is 0 Å². The van der Waals surface area contributed by atoms with Crippen molar-refractivity contribution in [1.82, 2.24) is 4.72 Å². The molecule has 24 heavy (non-hydrogen) atoms. The predicted octanol–water partition coefficient (Wildman–Crippen LogP) is 2.05. The van der Waals surface area contributed by atoms with E-state index in [1.807, 2.05) is 0 Å². The normalized spacial score (nSPS) is 18.2. The fraction of sp³-hybridized carbons (Fsp3) is 0.188. The Morgan fingerprint density at radius 3 is 2.08 bits per heavy atom. The molecule has 0 aliphatic carbocycles. The molecular formula is C16H14F2N2O3S. The molecule has 1 N–H and O–H groups in total.